The summed E-state index contributed by atoms with van der Waals surface area (Å²) in [6.45, 7) is 5.91. The quantitative estimate of drug-likeness (QED) is 0.349. The maximum Gasteiger partial charge on any atom is 0.192 e. The fraction of sp³-hybridized carbons (Fsp3) is 0.435. The highest BCUT2D eigenvalue weighted by Gasteiger charge is 2.19. The van der Waals surface area contributed by atoms with Gasteiger partial charge in [-0.15, -0.1) is 21.5 Å². The van der Waals surface area contributed by atoms with Gasteiger partial charge in [0.15, 0.2) is 10.9 Å². The molecule has 0 atom stereocenters. The molecule has 0 spiro atoms. The summed E-state index contributed by atoms with van der Waals surface area (Å²) in [7, 11) is 0. The number of ketones is 1. The molecular weight excluding hydrogens is 412 g/mol. The summed E-state index contributed by atoms with van der Waals surface area (Å²) in [5, 5.41) is 9.81. The number of Topliss-reactive ketones (excluding diaryl/α,β-unsaturated/α-hetero) is 1. The SMILES string of the molecule is CCc1ccc(C(=O)CSc2nnc(CN3CCCCC3)n2Cc2ccccc2)s1. The zero-order chi connectivity index (χ0) is 20.8. The number of likely N-dealkylation sites (tertiary alicyclic amines) is 1. The molecule has 0 radical (unpaired) electrons. The molecule has 7 heteroatoms. The Morgan fingerprint density at radius 3 is 2.57 bits per heavy atom. The Bertz CT molecular complexity index is 961. The molecule has 1 saturated heterocycles. The Kier molecular flexibility index (Phi) is 7.36. The second-order valence-electron chi connectivity index (χ2n) is 7.64. The maximum absolute atomic E-state index is 12.7. The van der Waals surface area contributed by atoms with Crippen molar-refractivity contribution in [1.82, 2.24) is 19.7 Å². The highest BCUT2D eigenvalue weighted by atomic mass is 32.2. The second kappa shape index (κ2) is 10.4. The normalized spacial score (nSPS) is 14.8. The average Bonchev–Trinajstić information content (AvgIpc) is 3.41. The van der Waals surface area contributed by atoms with Gasteiger partial charge in [-0.05, 0) is 50.0 Å². The van der Waals surface area contributed by atoms with Crippen LogP contribution in [-0.2, 0) is 19.5 Å². The number of rotatable bonds is 9. The number of piperidine rings is 1. The zero-order valence-electron chi connectivity index (χ0n) is 17.4. The third-order valence-electron chi connectivity index (χ3n) is 5.41. The molecule has 0 amide bonds. The van der Waals surface area contributed by atoms with Gasteiger partial charge >= 0.3 is 0 Å². The lowest BCUT2D eigenvalue weighted by atomic mass is 10.1. The fourth-order valence-electron chi connectivity index (χ4n) is 3.70. The monoisotopic (exact) mass is 440 g/mol. The van der Waals surface area contributed by atoms with Crippen LogP contribution < -0.4 is 0 Å². The van der Waals surface area contributed by atoms with Crippen molar-refractivity contribution in [3.8, 4) is 0 Å². The number of carbonyl (C=O) groups is 1. The van der Waals surface area contributed by atoms with E-state index >= 15 is 0 Å². The number of nitrogens with zero attached hydrogens (tertiary/aromatic N) is 4. The third-order valence-corrected chi connectivity index (χ3v) is 7.65. The Morgan fingerprint density at radius 2 is 1.83 bits per heavy atom. The Balaban J connectivity index is 1.49. The number of aryl methyl sites for hydroxylation is 1. The molecule has 0 N–H and O–H groups in total. The summed E-state index contributed by atoms with van der Waals surface area (Å²) in [4.78, 5) is 17.2. The van der Waals surface area contributed by atoms with Crippen LogP contribution >= 0.6 is 23.1 Å². The smallest absolute Gasteiger partial charge is 0.192 e. The minimum absolute atomic E-state index is 0.163. The average molecular weight is 441 g/mol. The summed E-state index contributed by atoms with van der Waals surface area (Å²) >= 11 is 3.10. The molecule has 2 aromatic heterocycles. The molecular formula is C23H28N4OS2. The van der Waals surface area contributed by atoms with Crippen LogP contribution in [0.15, 0.2) is 47.6 Å². The molecule has 0 bridgehead atoms. The van der Waals surface area contributed by atoms with Crippen molar-refractivity contribution in [2.24, 2.45) is 0 Å². The van der Waals surface area contributed by atoms with Crippen LogP contribution in [0.2, 0.25) is 0 Å². The lowest BCUT2D eigenvalue weighted by Crippen LogP contribution is -2.30. The van der Waals surface area contributed by atoms with Crippen LogP contribution in [0.3, 0.4) is 0 Å². The Labute approximate surface area is 186 Å². The second-order valence-corrected chi connectivity index (χ2v) is 9.75. The van der Waals surface area contributed by atoms with Gasteiger partial charge in [0.1, 0.15) is 5.82 Å². The molecule has 1 aromatic carbocycles. The van der Waals surface area contributed by atoms with Gasteiger partial charge in [-0.3, -0.25) is 9.69 Å². The zero-order valence-corrected chi connectivity index (χ0v) is 19.1. The van der Waals surface area contributed by atoms with Crippen LogP contribution in [0.5, 0.6) is 0 Å². The van der Waals surface area contributed by atoms with E-state index in [1.807, 2.05) is 12.1 Å². The van der Waals surface area contributed by atoms with Gasteiger partial charge in [-0.25, -0.2) is 0 Å². The number of aromatic nitrogens is 3. The molecule has 4 rings (SSSR count). The van der Waals surface area contributed by atoms with E-state index < -0.39 is 0 Å². The molecule has 1 aliphatic rings. The van der Waals surface area contributed by atoms with E-state index in [0.717, 1.165) is 48.5 Å². The Hall–Kier alpha value is -1.96. The molecule has 0 aliphatic carbocycles. The minimum atomic E-state index is 0.163. The van der Waals surface area contributed by atoms with Crippen molar-refractivity contribution < 1.29 is 4.79 Å². The molecule has 3 heterocycles. The first-order chi connectivity index (χ1) is 14.7. The number of thiophene rings is 1. The van der Waals surface area contributed by atoms with E-state index in [4.69, 9.17) is 0 Å². The summed E-state index contributed by atoms with van der Waals surface area (Å²) in [6, 6.07) is 14.4. The number of carbonyl (C=O) groups excluding carboxylic acids is 1. The Morgan fingerprint density at radius 1 is 1.03 bits per heavy atom. The predicted molar refractivity (Wildman–Crippen MR) is 123 cm³/mol. The van der Waals surface area contributed by atoms with Crippen molar-refractivity contribution in [3.63, 3.8) is 0 Å². The van der Waals surface area contributed by atoms with E-state index in [1.54, 1.807) is 11.3 Å². The van der Waals surface area contributed by atoms with Gasteiger partial charge in [0, 0.05) is 4.88 Å². The summed E-state index contributed by atoms with van der Waals surface area (Å²) in [5.74, 6) is 1.54. The lowest BCUT2D eigenvalue weighted by molar-refractivity contribution is 0.102. The van der Waals surface area contributed by atoms with Gasteiger partial charge < -0.3 is 4.57 Å². The highest BCUT2D eigenvalue weighted by molar-refractivity contribution is 7.99. The largest absolute Gasteiger partial charge is 0.300 e. The molecule has 3 aromatic rings. The fourth-order valence-corrected chi connectivity index (χ4v) is 5.52. The minimum Gasteiger partial charge on any atom is -0.300 e. The van der Waals surface area contributed by atoms with Gasteiger partial charge in [0.2, 0.25) is 0 Å². The molecule has 0 unspecified atom stereocenters. The van der Waals surface area contributed by atoms with Gasteiger partial charge in [-0.1, -0.05) is 55.4 Å². The molecule has 1 aliphatic heterocycles. The van der Waals surface area contributed by atoms with E-state index in [2.05, 4.69) is 56.9 Å². The third kappa shape index (κ3) is 5.39. The van der Waals surface area contributed by atoms with Crippen LogP contribution in [0.25, 0.3) is 0 Å². The van der Waals surface area contributed by atoms with Crippen molar-refractivity contribution in [2.75, 3.05) is 18.8 Å². The van der Waals surface area contributed by atoms with Crippen molar-refractivity contribution in [1.29, 1.82) is 0 Å². The van der Waals surface area contributed by atoms with Crippen LogP contribution in [0.1, 0.15) is 52.1 Å². The first-order valence-corrected chi connectivity index (χ1v) is 12.5. The molecule has 158 valence electrons. The summed E-state index contributed by atoms with van der Waals surface area (Å²) < 4.78 is 2.19. The molecule has 0 saturated carbocycles. The maximum atomic E-state index is 12.7. The summed E-state index contributed by atoms with van der Waals surface area (Å²) in [6.07, 6.45) is 4.79. The first kappa shape index (κ1) is 21.3. The van der Waals surface area contributed by atoms with E-state index in [9.17, 15) is 4.79 Å². The standard InChI is InChI=1S/C23H28N4OS2/c1-2-19-11-12-21(30-19)20(28)17-29-23-25-24-22(16-26-13-7-4-8-14-26)27(23)15-18-9-5-3-6-10-18/h3,5-6,9-12H,2,4,7-8,13-17H2,1H3. The number of thioether (sulfide) groups is 1. The molecule has 1 fully saturated rings. The van der Waals surface area contributed by atoms with Gasteiger partial charge in [-0.2, -0.15) is 0 Å². The lowest BCUT2D eigenvalue weighted by Gasteiger charge is -2.26. The first-order valence-electron chi connectivity index (χ1n) is 10.7. The molecule has 5 nitrogen and oxygen atoms in total. The molecule has 30 heavy (non-hydrogen) atoms. The van der Waals surface area contributed by atoms with E-state index in [1.165, 1.54) is 41.5 Å². The van der Waals surface area contributed by atoms with Crippen LogP contribution in [0.4, 0.5) is 0 Å². The summed E-state index contributed by atoms with van der Waals surface area (Å²) in [5.41, 5.74) is 1.22. The van der Waals surface area contributed by atoms with E-state index in [-0.39, 0.29) is 5.78 Å². The number of hydrogen-bond acceptors (Lipinski definition) is 6. The van der Waals surface area contributed by atoms with Crippen molar-refractivity contribution in [3.05, 3.63) is 63.6 Å². The van der Waals surface area contributed by atoms with Gasteiger partial charge in [0.25, 0.3) is 0 Å². The predicted octanol–water partition coefficient (Wildman–Crippen LogP) is 4.91. The van der Waals surface area contributed by atoms with Crippen molar-refractivity contribution in [2.45, 2.75) is 50.9 Å². The van der Waals surface area contributed by atoms with Crippen molar-refractivity contribution >= 4 is 28.9 Å². The number of hydrogen-bond donors (Lipinski definition) is 0. The van der Waals surface area contributed by atoms with E-state index in [0.29, 0.717) is 5.75 Å². The van der Waals surface area contributed by atoms with Crippen LogP contribution in [0, 0.1) is 0 Å². The topological polar surface area (TPSA) is 51.0 Å². The number of benzene rings is 1. The highest BCUT2D eigenvalue weighted by Crippen LogP contribution is 2.24. The van der Waals surface area contributed by atoms with Gasteiger partial charge in [0.05, 0.1) is 23.7 Å². The van der Waals surface area contributed by atoms with Crippen LogP contribution in [-0.4, -0.2) is 44.3 Å².